The molecule has 0 unspecified atom stereocenters. The Balaban J connectivity index is 3.13. The summed E-state index contributed by atoms with van der Waals surface area (Å²) in [5, 5.41) is 3.93. The average Bonchev–Trinajstić information content (AvgIpc) is 2.53. The Morgan fingerprint density at radius 2 is 2.14 bits per heavy atom. The van der Waals surface area contributed by atoms with Gasteiger partial charge in [-0.15, -0.1) is 0 Å². The predicted octanol–water partition coefficient (Wildman–Crippen LogP) is 1.48. The van der Waals surface area contributed by atoms with Crippen molar-refractivity contribution >= 4 is 9.84 Å². The quantitative estimate of drug-likeness (QED) is 0.766. The Labute approximate surface area is 84.9 Å². The van der Waals surface area contributed by atoms with E-state index in [0.717, 1.165) is 6.42 Å². The Morgan fingerprint density at radius 3 is 2.64 bits per heavy atom. The molecule has 0 atom stereocenters. The van der Waals surface area contributed by atoms with Gasteiger partial charge in [0, 0.05) is 6.54 Å². The summed E-state index contributed by atoms with van der Waals surface area (Å²) in [6, 6.07) is 1.56. The van der Waals surface area contributed by atoms with Crippen LogP contribution in [0.3, 0.4) is 0 Å². The van der Waals surface area contributed by atoms with Crippen LogP contribution in [0.5, 0.6) is 0 Å². The summed E-state index contributed by atoms with van der Waals surface area (Å²) in [7, 11) is -3.19. The molecule has 0 aromatic carbocycles. The van der Waals surface area contributed by atoms with Gasteiger partial charge in [-0.3, -0.25) is 4.68 Å². The smallest absolute Gasteiger partial charge is 0.197 e. The van der Waals surface area contributed by atoms with Gasteiger partial charge >= 0.3 is 0 Å². The summed E-state index contributed by atoms with van der Waals surface area (Å²) in [6.45, 7) is 6.00. The zero-order valence-electron chi connectivity index (χ0n) is 8.77. The molecule has 5 heteroatoms. The van der Waals surface area contributed by atoms with Gasteiger partial charge in [0.1, 0.15) is 0 Å². The van der Waals surface area contributed by atoms with Crippen LogP contribution in [0.4, 0.5) is 0 Å². The molecule has 0 N–H and O–H groups in total. The molecule has 80 valence electrons. The Morgan fingerprint density at radius 1 is 1.50 bits per heavy atom. The number of aromatic nitrogens is 2. The minimum atomic E-state index is -3.19. The van der Waals surface area contributed by atoms with Gasteiger partial charge in [-0.25, -0.2) is 8.42 Å². The zero-order valence-corrected chi connectivity index (χ0v) is 9.58. The van der Waals surface area contributed by atoms with Crippen molar-refractivity contribution in [1.29, 1.82) is 0 Å². The highest BCUT2D eigenvalue weighted by molar-refractivity contribution is 7.91. The summed E-state index contributed by atoms with van der Waals surface area (Å²) >= 11 is 0. The maximum absolute atomic E-state index is 11.8. The lowest BCUT2D eigenvalue weighted by molar-refractivity contribution is 0.526. The van der Waals surface area contributed by atoms with Crippen LogP contribution in [-0.4, -0.2) is 23.4 Å². The van der Waals surface area contributed by atoms with Crippen molar-refractivity contribution in [3.63, 3.8) is 0 Å². The van der Waals surface area contributed by atoms with E-state index in [9.17, 15) is 8.42 Å². The van der Waals surface area contributed by atoms with Crippen molar-refractivity contribution in [3.8, 4) is 0 Å². The fourth-order valence-corrected chi connectivity index (χ4v) is 2.35. The van der Waals surface area contributed by atoms with E-state index in [1.807, 2.05) is 6.92 Å². The number of aryl methyl sites for hydroxylation is 1. The van der Waals surface area contributed by atoms with Crippen molar-refractivity contribution < 1.29 is 8.42 Å². The predicted molar refractivity (Wildman–Crippen MR) is 54.8 cm³/mol. The van der Waals surface area contributed by atoms with E-state index in [-0.39, 0.29) is 0 Å². The van der Waals surface area contributed by atoms with Gasteiger partial charge in [0.2, 0.25) is 0 Å². The van der Waals surface area contributed by atoms with Crippen molar-refractivity contribution in [2.45, 2.75) is 44.0 Å². The highest BCUT2D eigenvalue weighted by Gasteiger charge is 2.22. The second-order valence-electron chi connectivity index (χ2n) is 3.49. The Hall–Kier alpha value is -0.840. The molecule has 0 fully saturated rings. The van der Waals surface area contributed by atoms with Crippen LogP contribution >= 0.6 is 0 Å². The topological polar surface area (TPSA) is 52.0 Å². The minimum absolute atomic E-state index is 0.328. The van der Waals surface area contributed by atoms with Crippen LogP contribution in [0.25, 0.3) is 0 Å². The highest BCUT2D eigenvalue weighted by atomic mass is 32.2. The lowest BCUT2D eigenvalue weighted by Gasteiger charge is -2.09. The molecule has 0 amide bonds. The first kappa shape index (κ1) is 11.2. The summed E-state index contributed by atoms with van der Waals surface area (Å²) in [4.78, 5) is 0. The van der Waals surface area contributed by atoms with Crippen molar-refractivity contribution in [2.24, 2.45) is 0 Å². The molecule has 1 aromatic rings. The van der Waals surface area contributed by atoms with Crippen molar-refractivity contribution in [2.75, 3.05) is 0 Å². The number of rotatable bonds is 4. The van der Waals surface area contributed by atoms with Gasteiger partial charge in [0.15, 0.2) is 14.9 Å². The van der Waals surface area contributed by atoms with Crippen LogP contribution in [0.1, 0.15) is 27.2 Å². The number of hydrogen-bond donors (Lipinski definition) is 0. The molecule has 1 heterocycles. The largest absolute Gasteiger partial charge is 0.254 e. The SMILES string of the molecule is CCCn1nccc1S(=O)(=O)C(C)C. The first-order valence-electron chi connectivity index (χ1n) is 4.76. The van der Waals surface area contributed by atoms with E-state index in [1.165, 1.54) is 6.20 Å². The van der Waals surface area contributed by atoms with Crippen LogP contribution in [0, 0.1) is 0 Å². The van der Waals surface area contributed by atoms with Gasteiger partial charge in [0.05, 0.1) is 11.4 Å². The van der Waals surface area contributed by atoms with Crippen LogP contribution < -0.4 is 0 Å². The number of nitrogens with zero attached hydrogens (tertiary/aromatic N) is 2. The molecular formula is C9H16N2O2S. The Kier molecular flexibility index (Phi) is 3.31. The van der Waals surface area contributed by atoms with E-state index in [4.69, 9.17) is 0 Å². The molecule has 14 heavy (non-hydrogen) atoms. The van der Waals surface area contributed by atoms with Crippen LogP contribution in [-0.2, 0) is 16.4 Å². The fourth-order valence-electron chi connectivity index (χ4n) is 1.18. The monoisotopic (exact) mass is 216 g/mol. The maximum Gasteiger partial charge on any atom is 0.197 e. The molecule has 0 spiro atoms. The van der Waals surface area contributed by atoms with Crippen LogP contribution in [0.15, 0.2) is 17.3 Å². The molecular weight excluding hydrogens is 200 g/mol. The van der Waals surface area contributed by atoms with Crippen LogP contribution in [0.2, 0.25) is 0 Å². The van der Waals surface area contributed by atoms with Crippen molar-refractivity contribution in [1.82, 2.24) is 9.78 Å². The average molecular weight is 216 g/mol. The molecule has 0 aliphatic carbocycles. The molecule has 1 aromatic heterocycles. The van der Waals surface area contributed by atoms with E-state index in [1.54, 1.807) is 24.6 Å². The summed E-state index contributed by atoms with van der Waals surface area (Å²) < 4.78 is 25.2. The number of sulfone groups is 1. The molecule has 0 saturated carbocycles. The third kappa shape index (κ3) is 1.97. The normalized spacial score (nSPS) is 12.3. The second kappa shape index (κ2) is 4.13. The molecule has 0 saturated heterocycles. The fraction of sp³-hybridized carbons (Fsp3) is 0.667. The standard InChI is InChI=1S/C9H16N2O2S/c1-4-7-11-9(5-6-10-11)14(12,13)8(2)3/h5-6,8H,4,7H2,1-3H3. The molecule has 0 aliphatic rings. The highest BCUT2D eigenvalue weighted by Crippen LogP contribution is 2.15. The van der Waals surface area contributed by atoms with Gasteiger partial charge in [-0.1, -0.05) is 6.92 Å². The van der Waals surface area contributed by atoms with Gasteiger partial charge in [-0.05, 0) is 26.3 Å². The van der Waals surface area contributed by atoms with E-state index >= 15 is 0 Å². The molecule has 1 rings (SSSR count). The van der Waals surface area contributed by atoms with E-state index in [0.29, 0.717) is 11.6 Å². The van der Waals surface area contributed by atoms with Gasteiger partial charge in [-0.2, -0.15) is 5.10 Å². The number of hydrogen-bond acceptors (Lipinski definition) is 3. The van der Waals surface area contributed by atoms with Crippen molar-refractivity contribution in [3.05, 3.63) is 12.3 Å². The summed E-state index contributed by atoms with van der Waals surface area (Å²) in [5.41, 5.74) is 0. The third-order valence-electron chi connectivity index (χ3n) is 2.03. The summed E-state index contributed by atoms with van der Waals surface area (Å²) in [5.74, 6) is 0. The molecule has 0 bridgehead atoms. The zero-order chi connectivity index (χ0) is 10.8. The molecule has 0 radical (unpaired) electrons. The minimum Gasteiger partial charge on any atom is -0.254 e. The first-order valence-corrected chi connectivity index (χ1v) is 6.30. The third-order valence-corrected chi connectivity index (χ3v) is 4.20. The lowest BCUT2D eigenvalue weighted by atomic mass is 10.5. The Bertz CT molecular complexity index is 393. The lowest BCUT2D eigenvalue weighted by Crippen LogP contribution is -2.18. The molecule has 4 nitrogen and oxygen atoms in total. The maximum atomic E-state index is 11.8. The molecule has 0 aliphatic heterocycles. The van der Waals surface area contributed by atoms with Gasteiger partial charge < -0.3 is 0 Å². The first-order chi connectivity index (χ1) is 6.50. The second-order valence-corrected chi connectivity index (χ2v) is 5.94. The van der Waals surface area contributed by atoms with Gasteiger partial charge in [0.25, 0.3) is 0 Å². The van der Waals surface area contributed by atoms with E-state index < -0.39 is 15.1 Å². The van der Waals surface area contributed by atoms with E-state index in [2.05, 4.69) is 5.10 Å². The summed E-state index contributed by atoms with van der Waals surface area (Å²) in [6.07, 6.45) is 2.41.